The van der Waals surface area contributed by atoms with Crippen molar-refractivity contribution in [2.24, 2.45) is 0 Å². The second-order valence-electron chi connectivity index (χ2n) is 7.88. The quantitative estimate of drug-likeness (QED) is 0.579. The van der Waals surface area contributed by atoms with Crippen molar-refractivity contribution in [3.05, 3.63) is 23.1 Å². The third kappa shape index (κ3) is 3.02. The van der Waals surface area contributed by atoms with Crippen molar-refractivity contribution in [2.75, 3.05) is 43.5 Å². The summed E-state index contributed by atoms with van der Waals surface area (Å²) in [7, 11) is -0.649. The first-order valence-corrected chi connectivity index (χ1v) is 11.6. The van der Waals surface area contributed by atoms with E-state index in [1.54, 1.807) is 0 Å². The van der Waals surface area contributed by atoms with Crippen LogP contribution >= 0.6 is 11.6 Å². The van der Waals surface area contributed by atoms with E-state index in [1.165, 1.54) is 0 Å². The average Bonchev–Trinajstić information content (AvgIpc) is 3.40. The number of ether oxygens (including phenoxy) is 1. The molecule has 0 radical (unpaired) electrons. The van der Waals surface area contributed by atoms with Gasteiger partial charge >= 0.3 is 0 Å². The number of anilines is 1. The predicted octanol–water partition coefficient (Wildman–Crippen LogP) is 1.97. The summed E-state index contributed by atoms with van der Waals surface area (Å²) in [5.74, 6) is 1.49. The summed E-state index contributed by atoms with van der Waals surface area (Å²) in [4.78, 5) is 17.9. The summed E-state index contributed by atoms with van der Waals surface area (Å²) in [5, 5.41) is 1.38. The zero-order chi connectivity index (χ0) is 19.5. The van der Waals surface area contributed by atoms with Crippen LogP contribution in [0.15, 0.2) is 16.7 Å². The molecule has 0 unspecified atom stereocenters. The second kappa shape index (κ2) is 6.87. The SMILES string of the molecule is O=[S@]1C[C@@H]2C[C@H]1CN2Cc1cnc2oc3c(N4CCOCC4)nc(Cl)nc3c2c1. The first kappa shape index (κ1) is 18.0. The lowest BCUT2D eigenvalue weighted by molar-refractivity contribution is 0.122. The van der Waals surface area contributed by atoms with Crippen LogP contribution in [0.5, 0.6) is 0 Å². The first-order chi connectivity index (χ1) is 14.2. The lowest BCUT2D eigenvalue weighted by Crippen LogP contribution is -2.37. The Morgan fingerprint density at radius 2 is 2.14 bits per heavy atom. The zero-order valence-electron chi connectivity index (χ0n) is 15.7. The van der Waals surface area contributed by atoms with Gasteiger partial charge in [0.1, 0.15) is 5.52 Å². The molecule has 3 aromatic heterocycles. The monoisotopic (exact) mass is 433 g/mol. The van der Waals surface area contributed by atoms with Gasteiger partial charge in [-0.15, -0.1) is 0 Å². The average molecular weight is 434 g/mol. The van der Waals surface area contributed by atoms with Gasteiger partial charge in [0, 0.05) is 60.2 Å². The summed E-state index contributed by atoms with van der Waals surface area (Å²) >= 11 is 6.25. The van der Waals surface area contributed by atoms with Crippen molar-refractivity contribution in [3.8, 4) is 0 Å². The largest absolute Gasteiger partial charge is 0.432 e. The summed E-state index contributed by atoms with van der Waals surface area (Å²) in [6.07, 6.45) is 2.90. The van der Waals surface area contributed by atoms with E-state index in [4.69, 9.17) is 20.8 Å². The fourth-order valence-corrected chi connectivity index (χ4v) is 6.62. The van der Waals surface area contributed by atoms with Crippen LogP contribution in [0.4, 0.5) is 5.82 Å². The van der Waals surface area contributed by atoms with Gasteiger partial charge in [-0.05, 0) is 29.7 Å². The van der Waals surface area contributed by atoms with Crippen molar-refractivity contribution in [2.45, 2.75) is 24.3 Å². The standard InChI is InChI=1S/C19H20ClN5O3S/c20-19-22-15-14-5-11(8-25-9-13-6-12(25)10-29(13)26)7-21-18(14)28-16(15)17(23-19)24-1-3-27-4-2-24/h5,7,12-13H,1-4,6,8-10H2/t12-,13-,29-/m0/s1. The van der Waals surface area contributed by atoms with Crippen LogP contribution in [-0.2, 0) is 22.1 Å². The van der Waals surface area contributed by atoms with E-state index < -0.39 is 10.8 Å². The van der Waals surface area contributed by atoms with Gasteiger partial charge in [0.05, 0.1) is 18.6 Å². The number of halogens is 1. The van der Waals surface area contributed by atoms with Crippen molar-refractivity contribution in [3.63, 3.8) is 0 Å². The number of fused-ring (bicyclic) bond motifs is 5. The molecule has 0 N–H and O–H groups in total. The molecule has 3 aliphatic rings. The van der Waals surface area contributed by atoms with Crippen LogP contribution in [0.25, 0.3) is 22.2 Å². The van der Waals surface area contributed by atoms with Gasteiger partial charge in [-0.3, -0.25) is 9.11 Å². The lowest BCUT2D eigenvalue weighted by atomic mass is 10.2. The maximum Gasteiger partial charge on any atom is 0.229 e. The molecule has 0 aromatic carbocycles. The fourth-order valence-electron chi connectivity index (χ4n) is 4.66. The van der Waals surface area contributed by atoms with Crippen LogP contribution in [0.1, 0.15) is 12.0 Å². The smallest absolute Gasteiger partial charge is 0.229 e. The highest BCUT2D eigenvalue weighted by molar-refractivity contribution is 7.86. The molecule has 2 bridgehead atoms. The molecule has 3 atom stereocenters. The molecule has 8 nitrogen and oxygen atoms in total. The van der Waals surface area contributed by atoms with Gasteiger partial charge in [0.25, 0.3) is 0 Å². The van der Waals surface area contributed by atoms with Crippen LogP contribution in [-0.4, -0.2) is 74.0 Å². The third-order valence-corrected chi connectivity index (χ3v) is 8.06. The minimum atomic E-state index is -0.649. The Bertz CT molecular complexity index is 1130. The van der Waals surface area contributed by atoms with E-state index in [0.29, 0.717) is 47.1 Å². The topological polar surface area (TPSA) is 84.6 Å². The molecular formula is C19H20ClN5O3S. The number of likely N-dealkylation sites (tertiary alicyclic amines) is 1. The van der Waals surface area contributed by atoms with Gasteiger partial charge in [0.15, 0.2) is 11.4 Å². The minimum absolute atomic E-state index is 0.200. The van der Waals surface area contributed by atoms with E-state index in [1.807, 2.05) is 6.20 Å². The van der Waals surface area contributed by atoms with Crippen LogP contribution < -0.4 is 4.90 Å². The Hall–Kier alpha value is -1.81. The number of morpholine rings is 1. The molecule has 0 saturated carbocycles. The Balaban J connectivity index is 1.38. The first-order valence-electron chi connectivity index (χ1n) is 9.84. The van der Waals surface area contributed by atoms with E-state index in [9.17, 15) is 4.21 Å². The molecule has 3 aromatic rings. The molecule has 152 valence electrons. The van der Waals surface area contributed by atoms with Gasteiger partial charge in [-0.2, -0.15) is 4.98 Å². The van der Waals surface area contributed by atoms with Crippen molar-refractivity contribution in [1.82, 2.24) is 19.9 Å². The summed E-state index contributed by atoms with van der Waals surface area (Å²) < 4.78 is 23.4. The van der Waals surface area contributed by atoms with Gasteiger partial charge < -0.3 is 14.1 Å². The molecule has 0 spiro atoms. The number of nitrogens with zero attached hydrogens (tertiary/aromatic N) is 5. The zero-order valence-corrected chi connectivity index (χ0v) is 17.3. The minimum Gasteiger partial charge on any atom is -0.432 e. The third-order valence-electron chi connectivity index (χ3n) is 6.10. The van der Waals surface area contributed by atoms with Crippen LogP contribution in [0.2, 0.25) is 5.28 Å². The Morgan fingerprint density at radius 1 is 1.28 bits per heavy atom. The Kier molecular flexibility index (Phi) is 4.26. The summed E-state index contributed by atoms with van der Waals surface area (Å²) in [6.45, 7) is 4.46. The van der Waals surface area contributed by atoms with Crippen LogP contribution in [0.3, 0.4) is 0 Å². The van der Waals surface area contributed by atoms with E-state index >= 15 is 0 Å². The highest BCUT2D eigenvalue weighted by atomic mass is 35.5. The molecule has 10 heteroatoms. The van der Waals surface area contributed by atoms with E-state index in [2.05, 4.69) is 30.8 Å². The van der Waals surface area contributed by atoms with Crippen molar-refractivity contribution < 1.29 is 13.4 Å². The van der Waals surface area contributed by atoms with Gasteiger partial charge in [-0.25, -0.2) is 9.97 Å². The molecule has 3 fully saturated rings. The van der Waals surface area contributed by atoms with Crippen molar-refractivity contribution >= 4 is 50.4 Å². The number of furan rings is 1. The lowest BCUT2D eigenvalue weighted by Gasteiger charge is -2.27. The maximum absolute atomic E-state index is 11.9. The molecule has 0 aliphatic carbocycles. The molecule has 29 heavy (non-hydrogen) atoms. The number of rotatable bonds is 3. The fraction of sp³-hybridized carbons (Fsp3) is 0.526. The summed E-state index contributed by atoms with van der Waals surface area (Å²) in [5.41, 5.74) is 2.95. The molecule has 6 rings (SSSR count). The second-order valence-corrected chi connectivity index (χ2v) is 9.98. The molecule has 3 aliphatic heterocycles. The molecular weight excluding hydrogens is 414 g/mol. The molecule has 0 amide bonds. The number of hydrogen-bond acceptors (Lipinski definition) is 8. The Labute approximate surface area is 174 Å². The predicted molar refractivity (Wildman–Crippen MR) is 111 cm³/mol. The van der Waals surface area contributed by atoms with Gasteiger partial charge in [0.2, 0.25) is 11.0 Å². The maximum atomic E-state index is 11.9. The molecule has 6 heterocycles. The normalized spacial score (nSPS) is 27.5. The van der Waals surface area contributed by atoms with Crippen molar-refractivity contribution in [1.29, 1.82) is 0 Å². The number of hydrogen-bond donors (Lipinski definition) is 0. The highest BCUT2D eigenvalue weighted by Gasteiger charge is 2.42. The van der Waals surface area contributed by atoms with E-state index in [0.717, 1.165) is 49.3 Å². The number of pyridine rings is 1. The number of aromatic nitrogens is 3. The molecule has 3 saturated heterocycles. The highest BCUT2D eigenvalue weighted by Crippen LogP contribution is 2.35. The van der Waals surface area contributed by atoms with Crippen LogP contribution in [0, 0.1) is 0 Å². The Morgan fingerprint density at radius 3 is 2.90 bits per heavy atom. The van der Waals surface area contributed by atoms with E-state index in [-0.39, 0.29) is 5.28 Å². The summed E-state index contributed by atoms with van der Waals surface area (Å²) in [6, 6.07) is 2.51. The van der Waals surface area contributed by atoms with Gasteiger partial charge in [-0.1, -0.05) is 0 Å².